The normalized spacial score (nSPS) is 20.5. The van der Waals surface area contributed by atoms with Crippen molar-refractivity contribution in [1.82, 2.24) is 10.2 Å². The second kappa shape index (κ2) is 4.94. The number of carbonyl (C=O) groups excluding carboxylic acids is 1. The smallest absolute Gasteiger partial charge is 0.238 e. The molecule has 1 aliphatic carbocycles. The Labute approximate surface area is 92.0 Å². The third-order valence-electron chi connectivity index (χ3n) is 3.24. The fraction of sp³-hybridized carbons (Fsp3) is 0.909. The molecule has 1 saturated carbocycles. The minimum Gasteiger partial charge on any atom is -0.377 e. The lowest BCUT2D eigenvalue weighted by Gasteiger charge is -2.41. The number of methoxy groups -OCH3 is 1. The number of likely N-dealkylation sites (N-methyl/N-ethyl adjacent to an activating group) is 1. The van der Waals surface area contributed by atoms with Crippen molar-refractivity contribution in [2.24, 2.45) is 0 Å². The molecule has 1 N–H and O–H groups in total. The third kappa shape index (κ3) is 2.92. The summed E-state index contributed by atoms with van der Waals surface area (Å²) in [7, 11) is 5.30. The largest absolute Gasteiger partial charge is 0.377 e. The molecule has 1 unspecified atom stereocenters. The highest BCUT2D eigenvalue weighted by Gasteiger charge is 2.37. The minimum atomic E-state index is -0.132. The van der Waals surface area contributed by atoms with Crippen LogP contribution >= 0.6 is 0 Å². The van der Waals surface area contributed by atoms with Crippen LogP contribution in [-0.4, -0.2) is 50.2 Å². The molecular formula is C11H22N2O2. The van der Waals surface area contributed by atoms with Crippen LogP contribution in [0.5, 0.6) is 0 Å². The molecule has 4 heteroatoms. The summed E-state index contributed by atoms with van der Waals surface area (Å²) < 4.78 is 5.48. The average Bonchev–Trinajstić information content (AvgIpc) is 2.15. The molecule has 1 amide bonds. The summed E-state index contributed by atoms with van der Waals surface area (Å²) in [5.74, 6) is 0.112. The maximum absolute atomic E-state index is 11.6. The number of hydrogen-bond donors (Lipinski definition) is 1. The summed E-state index contributed by atoms with van der Waals surface area (Å²) in [6, 6.07) is -0.132. The van der Waals surface area contributed by atoms with Crippen molar-refractivity contribution in [3.05, 3.63) is 0 Å². The van der Waals surface area contributed by atoms with Gasteiger partial charge in [0.25, 0.3) is 0 Å². The van der Waals surface area contributed by atoms with E-state index in [4.69, 9.17) is 4.74 Å². The first-order chi connectivity index (χ1) is 7.01. The highest BCUT2D eigenvalue weighted by atomic mass is 16.5. The summed E-state index contributed by atoms with van der Waals surface area (Å²) in [6.07, 6.45) is 3.42. The van der Waals surface area contributed by atoms with Gasteiger partial charge in [-0.3, -0.25) is 4.79 Å². The number of nitrogens with zero attached hydrogens (tertiary/aromatic N) is 1. The zero-order valence-electron chi connectivity index (χ0n) is 10.2. The van der Waals surface area contributed by atoms with E-state index in [2.05, 4.69) is 5.32 Å². The van der Waals surface area contributed by atoms with Gasteiger partial charge in [-0.05, 0) is 26.2 Å². The monoisotopic (exact) mass is 214 g/mol. The van der Waals surface area contributed by atoms with Gasteiger partial charge in [0, 0.05) is 27.7 Å². The summed E-state index contributed by atoms with van der Waals surface area (Å²) in [5, 5.41) is 3.24. The van der Waals surface area contributed by atoms with Crippen LogP contribution in [0, 0.1) is 0 Å². The molecule has 0 radical (unpaired) electrons. The number of carbonyl (C=O) groups is 1. The molecule has 1 aliphatic rings. The van der Waals surface area contributed by atoms with Crippen molar-refractivity contribution < 1.29 is 9.53 Å². The predicted octanol–water partition coefficient (Wildman–Crippen LogP) is 0.622. The molecule has 0 aromatic carbocycles. The van der Waals surface area contributed by atoms with E-state index in [9.17, 15) is 4.79 Å². The van der Waals surface area contributed by atoms with E-state index in [0.29, 0.717) is 0 Å². The molecule has 1 atom stereocenters. The number of nitrogens with one attached hydrogen (secondary N) is 1. The topological polar surface area (TPSA) is 41.6 Å². The Bertz CT molecular complexity index is 219. The number of ether oxygens (including phenoxy) is 1. The lowest BCUT2D eigenvalue weighted by molar-refractivity contribution is -0.131. The van der Waals surface area contributed by atoms with Crippen molar-refractivity contribution in [3.8, 4) is 0 Å². The molecule has 88 valence electrons. The van der Waals surface area contributed by atoms with E-state index in [-0.39, 0.29) is 17.6 Å². The van der Waals surface area contributed by atoms with Crippen LogP contribution in [0.2, 0.25) is 0 Å². The van der Waals surface area contributed by atoms with Gasteiger partial charge in [0.05, 0.1) is 11.6 Å². The molecule has 0 aromatic rings. The predicted molar refractivity (Wildman–Crippen MR) is 59.7 cm³/mol. The lowest BCUT2D eigenvalue weighted by atomic mass is 9.80. The van der Waals surface area contributed by atoms with Crippen LogP contribution in [0.3, 0.4) is 0 Å². The van der Waals surface area contributed by atoms with Gasteiger partial charge in [0.15, 0.2) is 0 Å². The van der Waals surface area contributed by atoms with Crippen LogP contribution in [0.1, 0.15) is 26.2 Å². The number of amides is 1. The molecule has 0 aliphatic heterocycles. The first-order valence-corrected chi connectivity index (χ1v) is 5.50. The van der Waals surface area contributed by atoms with Crippen molar-refractivity contribution in [2.75, 3.05) is 27.7 Å². The fourth-order valence-corrected chi connectivity index (χ4v) is 1.84. The standard InChI is InChI=1S/C11H22N2O2/c1-9(10(14)13(2)3)12-8-11(15-4)6-5-7-11/h9,12H,5-8H2,1-4H3. The molecule has 0 bridgehead atoms. The quantitative estimate of drug-likeness (QED) is 0.729. The molecule has 0 aromatic heterocycles. The van der Waals surface area contributed by atoms with Gasteiger partial charge < -0.3 is 15.0 Å². The third-order valence-corrected chi connectivity index (χ3v) is 3.24. The van der Waals surface area contributed by atoms with Gasteiger partial charge in [0.2, 0.25) is 5.91 Å². The molecule has 1 rings (SSSR count). The molecule has 0 heterocycles. The zero-order chi connectivity index (χ0) is 11.5. The highest BCUT2D eigenvalue weighted by Crippen LogP contribution is 2.34. The van der Waals surface area contributed by atoms with E-state index < -0.39 is 0 Å². The Hall–Kier alpha value is -0.610. The van der Waals surface area contributed by atoms with Gasteiger partial charge in [-0.15, -0.1) is 0 Å². The van der Waals surface area contributed by atoms with Crippen LogP contribution in [-0.2, 0) is 9.53 Å². The van der Waals surface area contributed by atoms with Crippen LogP contribution in [0.25, 0.3) is 0 Å². The first kappa shape index (κ1) is 12.5. The molecule has 0 spiro atoms. The maximum atomic E-state index is 11.6. The summed E-state index contributed by atoms with van der Waals surface area (Å²) in [6.45, 7) is 2.66. The summed E-state index contributed by atoms with van der Waals surface area (Å²) in [5.41, 5.74) is -0.0130. The SMILES string of the molecule is COC1(CNC(C)C(=O)N(C)C)CCC1. The molecular weight excluding hydrogens is 192 g/mol. The average molecular weight is 214 g/mol. The maximum Gasteiger partial charge on any atom is 0.238 e. The van der Waals surface area contributed by atoms with Crippen molar-refractivity contribution >= 4 is 5.91 Å². The Morgan fingerprint density at radius 2 is 2.13 bits per heavy atom. The van der Waals surface area contributed by atoms with Crippen molar-refractivity contribution in [1.29, 1.82) is 0 Å². The fourth-order valence-electron chi connectivity index (χ4n) is 1.84. The van der Waals surface area contributed by atoms with Crippen molar-refractivity contribution in [2.45, 2.75) is 37.8 Å². The second-order valence-corrected chi connectivity index (χ2v) is 4.58. The Balaban J connectivity index is 2.33. The summed E-state index contributed by atoms with van der Waals surface area (Å²) >= 11 is 0. The van der Waals surface area contributed by atoms with Crippen LogP contribution < -0.4 is 5.32 Å². The van der Waals surface area contributed by atoms with Gasteiger partial charge in [-0.25, -0.2) is 0 Å². The van der Waals surface area contributed by atoms with Crippen LogP contribution in [0.4, 0.5) is 0 Å². The Morgan fingerprint density at radius 1 is 1.53 bits per heavy atom. The van der Waals surface area contributed by atoms with Crippen LogP contribution in [0.15, 0.2) is 0 Å². The van der Waals surface area contributed by atoms with E-state index >= 15 is 0 Å². The van der Waals surface area contributed by atoms with Crippen molar-refractivity contribution in [3.63, 3.8) is 0 Å². The van der Waals surface area contributed by atoms with Gasteiger partial charge in [0.1, 0.15) is 0 Å². The van der Waals surface area contributed by atoms with E-state index in [1.807, 2.05) is 6.92 Å². The van der Waals surface area contributed by atoms with Gasteiger partial charge in [-0.2, -0.15) is 0 Å². The zero-order valence-corrected chi connectivity index (χ0v) is 10.2. The van der Waals surface area contributed by atoms with Gasteiger partial charge >= 0.3 is 0 Å². The van der Waals surface area contributed by atoms with E-state index in [1.54, 1.807) is 26.1 Å². The highest BCUT2D eigenvalue weighted by molar-refractivity contribution is 5.80. The molecule has 15 heavy (non-hydrogen) atoms. The Kier molecular flexibility index (Phi) is 4.11. The second-order valence-electron chi connectivity index (χ2n) is 4.58. The van der Waals surface area contributed by atoms with Gasteiger partial charge in [-0.1, -0.05) is 0 Å². The first-order valence-electron chi connectivity index (χ1n) is 5.50. The number of rotatable bonds is 5. The van der Waals surface area contributed by atoms with E-state index in [1.165, 1.54) is 6.42 Å². The Morgan fingerprint density at radius 3 is 2.47 bits per heavy atom. The number of hydrogen-bond acceptors (Lipinski definition) is 3. The lowest BCUT2D eigenvalue weighted by Crippen LogP contribution is -2.52. The molecule has 0 saturated heterocycles. The summed E-state index contributed by atoms with van der Waals surface area (Å²) in [4.78, 5) is 13.2. The van der Waals surface area contributed by atoms with E-state index in [0.717, 1.165) is 19.4 Å². The molecule has 4 nitrogen and oxygen atoms in total. The minimum absolute atomic E-state index is 0.0130. The molecule has 1 fully saturated rings.